The molecule has 0 aromatic heterocycles. The van der Waals surface area contributed by atoms with Crippen molar-refractivity contribution in [1.29, 1.82) is 0 Å². The summed E-state index contributed by atoms with van der Waals surface area (Å²) in [5.74, 6) is 0.910. The van der Waals surface area contributed by atoms with Gasteiger partial charge in [-0.2, -0.15) is 0 Å². The first-order valence-corrected chi connectivity index (χ1v) is 4.52. The van der Waals surface area contributed by atoms with E-state index in [9.17, 15) is 0 Å². The summed E-state index contributed by atoms with van der Waals surface area (Å²) in [6.45, 7) is 0. The molecular formula is C7H8Na2O5S. The van der Waals surface area contributed by atoms with E-state index in [-0.39, 0.29) is 59.1 Å². The standard InChI is InChI=1S/C7H8O.2Na.H2O4S/c1-8-7-5-3-2-4-6-7;;;1-5(2,3)4/h2-6H,1H3;;;(H2,1,2,3,4)/q;2*+1;/p-2. The number of hydrogen-bond donors (Lipinski definition) is 0. The first-order chi connectivity index (χ1) is 5.93. The molecular weight excluding hydrogens is 242 g/mol. The predicted octanol–water partition coefficient (Wildman–Crippen LogP) is -5.63. The maximum absolute atomic E-state index is 8.52. The van der Waals surface area contributed by atoms with Crippen LogP contribution in [0.4, 0.5) is 0 Å². The molecule has 0 bridgehead atoms. The van der Waals surface area contributed by atoms with E-state index < -0.39 is 10.4 Å². The van der Waals surface area contributed by atoms with Gasteiger partial charge in [-0.1, -0.05) is 18.2 Å². The Bertz CT molecular complexity index is 318. The van der Waals surface area contributed by atoms with Gasteiger partial charge in [-0.25, -0.2) is 0 Å². The maximum Gasteiger partial charge on any atom is 1.00 e. The average Bonchev–Trinajstić information content (AvgIpc) is 2.03. The van der Waals surface area contributed by atoms with Crippen LogP contribution < -0.4 is 63.9 Å². The summed E-state index contributed by atoms with van der Waals surface area (Å²) in [4.78, 5) is 0. The molecule has 0 aliphatic rings. The van der Waals surface area contributed by atoms with Crippen LogP contribution in [0, 0.1) is 0 Å². The van der Waals surface area contributed by atoms with E-state index in [1.165, 1.54) is 0 Å². The third-order valence-corrected chi connectivity index (χ3v) is 0.979. The van der Waals surface area contributed by atoms with E-state index in [0.717, 1.165) is 5.75 Å². The van der Waals surface area contributed by atoms with Crippen LogP contribution in [0.25, 0.3) is 0 Å². The number of para-hydroxylation sites is 1. The molecule has 15 heavy (non-hydrogen) atoms. The van der Waals surface area contributed by atoms with Gasteiger partial charge in [-0.3, -0.25) is 8.42 Å². The van der Waals surface area contributed by atoms with Crippen molar-refractivity contribution in [2.75, 3.05) is 7.11 Å². The normalized spacial score (nSPS) is 8.47. The van der Waals surface area contributed by atoms with Crippen LogP contribution in [0.5, 0.6) is 5.75 Å². The molecule has 0 saturated carbocycles. The average molecular weight is 250 g/mol. The van der Waals surface area contributed by atoms with Crippen molar-refractivity contribution in [2.45, 2.75) is 0 Å². The molecule has 1 rings (SSSR count). The molecule has 0 amide bonds. The minimum absolute atomic E-state index is 0. The molecule has 0 heterocycles. The van der Waals surface area contributed by atoms with Crippen LogP contribution in [0.2, 0.25) is 0 Å². The molecule has 0 fully saturated rings. The van der Waals surface area contributed by atoms with Gasteiger partial charge in [-0.05, 0) is 12.1 Å². The molecule has 1 aromatic rings. The van der Waals surface area contributed by atoms with Crippen LogP contribution in [0.15, 0.2) is 30.3 Å². The number of hydrogen-bond acceptors (Lipinski definition) is 5. The second-order valence-electron chi connectivity index (χ2n) is 1.93. The molecule has 1 aromatic carbocycles. The minimum Gasteiger partial charge on any atom is -0.759 e. The number of ether oxygens (including phenoxy) is 1. The summed E-state index contributed by atoms with van der Waals surface area (Å²) in [6.07, 6.45) is 0. The van der Waals surface area contributed by atoms with Crippen LogP contribution in [0.3, 0.4) is 0 Å². The Balaban J connectivity index is -0.000000185. The van der Waals surface area contributed by atoms with Crippen LogP contribution >= 0.6 is 0 Å². The fraction of sp³-hybridized carbons (Fsp3) is 0.143. The Hall–Kier alpha value is 0.890. The minimum atomic E-state index is -5.17. The molecule has 74 valence electrons. The van der Waals surface area contributed by atoms with Gasteiger partial charge >= 0.3 is 59.1 Å². The first-order valence-electron chi connectivity index (χ1n) is 3.19. The van der Waals surface area contributed by atoms with Gasteiger partial charge < -0.3 is 13.8 Å². The number of methoxy groups -OCH3 is 1. The molecule has 0 spiro atoms. The Morgan fingerprint density at radius 1 is 1.07 bits per heavy atom. The molecule has 0 unspecified atom stereocenters. The Labute approximate surface area is 133 Å². The predicted molar refractivity (Wildman–Crippen MR) is 43.5 cm³/mol. The van der Waals surface area contributed by atoms with E-state index in [4.69, 9.17) is 22.3 Å². The van der Waals surface area contributed by atoms with E-state index in [0.29, 0.717) is 0 Å². The van der Waals surface area contributed by atoms with Gasteiger partial charge in [-0.15, -0.1) is 0 Å². The van der Waals surface area contributed by atoms with Gasteiger partial charge in [0.1, 0.15) is 5.75 Å². The van der Waals surface area contributed by atoms with E-state index in [1.54, 1.807) is 7.11 Å². The summed E-state index contributed by atoms with van der Waals surface area (Å²) in [7, 11) is -3.50. The summed E-state index contributed by atoms with van der Waals surface area (Å²) in [5.41, 5.74) is 0. The summed E-state index contributed by atoms with van der Waals surface area (Å²) < 4.78 is 39.0. The van der Waals surface area contributed by atoms with Crippen molar-refractivity contribution < 1.29 is 81.4 Å². The van der Waals surface area contributed by atoms with Crippen molar-refractivity contribution in [1.82, 2.24) is 0 Å². The van der Waals surface area contributed by atoms with Crippen LogP contribution in [-0.4, -0.2) is 24.6 Å². The second-order valence-corrected chi connectivity index (χ2v) is 2.74. The second kappa shape index (κ2) is 11.4. The Kier molecular flexibility index (Phi) is 16.1. The Morgan fingerprint density at radius 2 is 1.40 bits per heavy atom. The Morgan fingerprint density at radius 3 is 1.60 bits per heavy atom. The number of rotatable bonds is 1. The molecule has 8 heteroatoms. The molecule has 0 atom stereocenters. The molecule has 0 saturated heterocycles. The molecule has 0 radical (unpaired) electrons. The largest absolute Gasteiger partial charge is 1.00 e. The zero-order chi connectivity index (χ0) is 10.3. The third-order valence-electron chi connectivity index (χ3n) is 0.979. The van der Waals surface area contributed by atoms with E-state index >= 15 is 0 Å². The smallest absolute Gasteiger partial charge is 0.759 e. The fourth-order valence-corrected chi connectivity index (χ4v) is 0.557. The topological polar surface area (TPSA) is 89.5 Å². The van der Waals surface area contributed by atoms with Gasteiger partial charge in [0.25, 0.3) is 0 Å². The third kappa shape index (κ3) is 20.9. The van der Waals surface area contributed by atoms with E-state index in [1.807, 2.05) is 30.3 Å². The van der Waals surface area contributed by atoms with Crippen molar-refractivity contribution in [3.05, 3.63) is 30.3 Å². The van der Waals surface area contributed by atoms with E-state index in [2.05, 4.69) is 0 Å². The van der Waals surface area contributed by atoms with Crippen molar-refractivity contribution in [2.24, 2.45) is 0 Å². The van der Waals surface area contributed by atoms with Gasteiger partial charge in [0.2, 0.25) is 0 Å². The van der Waals surface area contributed by atoms with Crippen molar-refractivity contribution >= 4 is 10.4 Å². The zero-order valence-corrected chi connectivity index (χ0v) is 13.7. The van der Waals surface area contributed by atoms with Crippen molar-refractivity contribution in [3.8, 4) is 5.75 Å². The first kappa shape index (κ1) is 21.2. The number of benzene rings is 1. The molecule has 0 N–H and O–H groups in total. The van der Waals surface area contributed by atoms with Gasteiger partial charge in [0.05, 0.1) is 7.11 Å². The molecule has 5 nitrogen and oxygen atoms in total. The van der Waals surface area contributed by atoms with Crippen LogP contribution in [-0.2, 0) is 10.4 Å². The van der Waals surface area contributed by atoms with Gasteiger partial charge in [0, 0.05) is 10.4 Å². The fourth-order valence-electron chi connectivity index (χ4n) is 0.557. The summed E-state index contributed by atoms with van der Waals surface area (Å²) in [5, 5.41) is 0. The van der Waals surface area contributed by atoms with Crippen LogP contribution in [0.1, 0.15) is 0 Å². The quantitative estimate of drug-likeness (QED) is 0.281. The molecule has 0 aliphatic carbocycles. The van der Waals surface area contributed by atoms with Gasteiger partial charge in [0.15, 0.2) is 0 Å². The summed E-state index contributed by atoms with van der Waals surface area (Å²) in [6, 6.07) is 9.68. The van der Waals surface area contributed by atoms with Crippen molar-refractivity contribution in [3.63, 3.8) is 0 Å². The monoisotopic (exact) mass is 250 g/mol. The maximum atomic E-state index is 8.52. The summed E-state index contributed by atoms with van der Waals surface area (Å²) >= 11 is 0. The zero-order valence-electron chi connectivity index (χ0n) is 8.84. The molecule has 0 aliphatic heterocycles. The SMILES string of the molecule is COc1ccccc1.O=S(=O)([O-])[O-].[Na+].[Na+].